The molecule has 0 aliphatic heterocycles. The molecule has 1 aromatic heterocycles. The number of amides is 1. The highest BCUT2D eigenvalue weighted by molar-refractivity contribution is 5.78. The fraction of sp³-hybridized carbons (Fsp3) is 0.412. The predicted molar refractivity (Wildman–Crippen MR) is 85.6 cm³/mol. The van der Waals surface area contributed by atoms with Gasteiger partial charge in [0.15, 0.2) is 0 Å². The van der Waals surface area contributed by atoms with Gasteiger partial charge in [0, 0.05) is 5.56 Å². The molecule has 0 saturated carbocycles. The number of nitrogens with two attached hydrogens (primary N) is 1. The van der Waals surface area contributed by atoms with E-state index < -0.39 is 0 Å². The number of carbonyl (C=O) groups is 1. The van der Waals surface area contributed by atoms with Crippen LogP contribution in [0.5, 0.6) is 0 Å². The van der Waals surface area contributed by atoms with Gasteiger partial charge in [-0.3, -0.25) is 4.79 Å². The largest absolute Gasteiger partial charge is 0.348 e. The van der Waals surface area contributed by atoms with Gasteiger partial charge in [0.1, 0.15) is 5.82 Å². The smallest absolute Gasteiger partial charge is 0.234 e. The molecular formula is C17H21FN4O. The molecule has 23 heavy (non-hydrogen) atoms. The lowest BCUT2D eigenvalue weighted by atomic mass is 9.74. The van der Waals surface area contributed by atoms with Gasteiger partial charge in [0.25, 0.3) is 0 Å². The molecule has 0 fully saturated rings. The summed E-state index contributed by atoms with van der Waals surface area (Å²) in [6, 6.07) is 6.24. The van der Waals surface area contributed by atoms with Crippen molar-refractivity contribution in [2.45, 2.75) is 32.7 Å². The van der Waals surface area contributed by atoms with Gasteiger partial charge < -0.3 is 11.1 Å². The normalized spacial score (nSPS) is 19.2. The first kappa shape index (κ1) is 15.7. The fourth-order valence-corrected chi connectivity index (χ4v) is 3.25. The van der Waals surface area contributed by atoms with Gasteiger partial charge in [-0.05, 0) is 36.5 Å². The number of nitrogens with zero attached hydrogens (tertiary/aromatic N) is 2. The Morgan fingerprint density at radius 2 is 2.30 bits per heavy atom. The Morgan fingerprint density at radius 3 is 3.00 bits per heavy atom. The molecule has 0 saturated heterocycles. The van der Waals surface area contributed by atoms with Crippen LogP contribution in [0.4, 0.5) is 4.39 Å². The molecule has 0 bridgehead atoms. The highest BCUT2D eigenvalue weighted by atomic mass is 19.1. The minimum atomic E-state index is -0.296. The lowest BCUT2D eigenvalue weighted by Crippen LogP contribution is -2.39. The Balaban J connectivity index is 2.03. The van der Waals surface area contributed by atoms with Crippen molar-refractivity contribution < 1.29 is 9.18 Å². The van der Waals surface area contributed by atoms with Crippen LogP contribution in [-0.4, -0.2) is 22.2 Å². The summed E-state index contributed by atoms with van der Waals surface area (Å²) in [7, 11) is 0. The van der Waals surface area contributed by atoms with Gasteiger partial charge in [-0.1, -0.05) is 19.9 Å². The summed E-state index contributed by atoms with van der Waals surface area (Å²) in [5.41, 5.74) is 8.10. The lowest BCUT2D eigenvalue weighted by molar-refractivity contribution is -0.120. The minimum Gasteiger partial charge on any atom is -0.348 e. The molecule has 122 valence electrons. The molecule has 1 aliphatic carbocycles. The van der Waals surface area contributed by atoms with Crippen molar-refractivity contribution in [1.29, 1.82) is 0 Å². The number of rotatable bonds is 3. The van der Waals surface area contributed by atoms with E-state index in [1.165, 1.54) is 12.1 Å². The molecule has 0 spiro atoms. The molecule has 1 unspecified atom stereocenters. The molecule has 3 rings (SSSR count). The van der Waals surface area contributed by atoms with E-state index in [9.17, 15) is 9.18 Å². The van der Waals surface area contributed by atoms with Crippen LogP contribution in [0.2, 0.25) is 0 Å². The molecule has 6 heteroatoms. The molecule has 1 aliphatic rings. The van der Waals surface area contributed by atoms with Crippen molar-refractivity contribution in [3.05, 3.63) is 47.5 Å². The zero-order chi connectivity index (χ0) is 16.6. The van der Waals surface area contributed by atoms with E-state index in [1.54, 1.807) is 16.9 Å². The minimum absolute atomic E-state index is 0.00462. The second kappa shape index (κ2) is 5.77. The van der Waals surface area contributed by atoms with E-state index in [-0.39, 0.29) is 29.7 Å². The van der Waals surface area contributed by atoms with Crippen LogP contribution < -0.4 is 11.1 Å². The third-order valence-electron chi connectivity index (χ3n) is 4.25. The van der Waals surface area contributed by atoms with Crippen LogP contribution >= 0.6 is 0 Å². The van der Waals surface area contributed by atoms with Gasteiger partial charge in [0.05, 0.1) is 30.2 Å². The third-order valence-corrected chi connectivity index (χ3v) is 4.25. The summed E-state index contributed by atoms with van der Waals surface area (Å²) in [5.74, 6) is -0.480. The summed E-state index contributed by atoms with van der Waals surface area (Å²) in [6.07, 6.45) is 3.39. The van der Waals surface area contributed by atoms with Gasteiger partial charge >= 0.3 is 0 Å². The molecule has 3 N–H and O–H groups in total. The van der Waals surface area contributed by atoms with E-state index in [2.05, 4.69) is 24.3 Å². The van der Waals surface area contributed by atoms with E-state index in [1.807, 2.05) is 6.07 Å². The number of nitrogens with one attached hydrogen (secondary N) is 1. The molecule has 1 atom stereocenters. The van der Waals surface area contributed by atoms with Crippen LogP contribution in [0, 0.1) is 11.2 Å². The van der Waals surface area contributed by atoms with E-state index in [4.69, 9.17) is 5.73 Å². The van der Waals surface area contributed by atoms with Crippen LogP contribution in [0.3, 0.4) is 0 Å². The van der Waals surface area contributed by atoms with Crippen LogP contribution in [0.1, 0.15) is 37.6 Å². The second-order valence-electron chi connectivity index (χ2n) is 6.81. The Hall–Kier alpha value is -2.21. The zero-order valence-corrected chi connectivity index (χ0v) is 13.3. The average molecular weight is 316 g/mol. The third kappa shape index (κ3) is 3.12. The quantitative estimate of drug-likeness (QED) is 0.911. The summed E-state index contributed by atoms with van der Waals surface area (Å²) >= 11 is 0. The van der Waals surface area contributed by atoms with Crippen LogP contribution in [-0.2, 0) is 11.2 Å². The molecule has 1 aromatic carbocycles. The first-order valence-electron chi connectivity index (χ1n) is 7.72. The maximum absolute atomic E-state index is 13.5. The SMILES string of the molecule is CC1(C)Cc2c(cnn2-c2cccc(F)c2)C(NC(=O)CN)C1. The van der Waals surface area contributed by atoms with Crippen molar-refractivity contribution in [3.8, 4) is 5.69 Å². The van der Waals surface area contributed by atoms with E-state index >= 15 is 0 Å². The van der Waals surface area contributed by atoms with Crippen molar-refractivity contribution in [2.75, 3.05) is 6.54 Å². The molecule has 1 heterocycles. The number of fused-ring (bicyclic) bond motifs is 1. The van der Waals surface area contributed by atoms with Crippen molar-refractivity contribution in [3.63, 3.8) is 0 Å². The van der Waals surface area contributed by atoms with Gasteiger partial charge in [-0.15, -0.1) is 0 Å². The van der Waals surface area contributed by atoms with Crippen molar-refractivity contribution in [1.82, 2.24) is 15.1 Å². The number of aromatic nitrogens is 2. The standard InChI is InChI=1S/C17H21FN4O/c1-17(2)7-14(21-16(23)9-19)13-10-20-22(15(13)8-17)12-5-3-4-11(18)6-12/h3-6,10,14H,7-9,19H2,1-2H3,(H,21,23). The molecular weight excluding hydrogens is 295 g/mol. The predicted octanol–water partition coefficient (Wildman–Crippen LogP) is 2.10. The Kier molecular flexibility index (Phi) is 3.93. The van der Waals surface area contributed by atoms with E-state index in [0.717, 1.165) is 24.1 Å². The molecule has 0 radical (unpaired) electrons. The van der Waals surface area contributed by atoms with Gasteiger partial charge in [-0.25, -0.2) is 9.07 Å². The summed E-state index contributed by atoms with van der Waals surface area (Å²) in [4.78, 5) is 11.7. The zero-order valence-electron chi connectivity index (χ0n) is 13.3. The lowest BCUT2D eigenvalue weighted by Gasteiger charge is -2.35. The highest BCUT2D eigenvalue weighted by Gasteiger charge is 2.35. The van der Waals surface area contributed by atoms with Crippen LogP contribution in [0.25, 0.3) is 5.69 Å². The molecule has 5 nitrogen and oxygen atoms in total. The fourth-order valence-electron chi connectivity index (χ4n) is 3.25. The number of hydrogen-bond donors (Lipinski definition) is 2. The van der Waals surface area contributed by atoms with Crippen molar-refractivity contribution in [2.24, 2.45) is 11.1 Å². The Labute approximate surface area is 134 Å². The van der Waals surface area contributed by atoms with E-state index in [0.29, 0.717) is 5.69 Å². The molecule has 2 aromatic rings. The first-order chi connectivity index (χ1) is 10.9. The maximum Gasteiger partial charge on any atom is 0.234 e. The van der Waals surface area contributed by atoms with Gasteiger partial charge in [-0.2, -0.15) is 5.10 Å². The highest BCUT2D eigenvalue weighted by Crippen LogP contribution is 2.41. The topological polar surface area (TPSA) is 72.9 Å². The second-order valence-corrected chi connectivity index (χ2v) is 6.81. The molecule has 1 amide bonds. The summed E-state index contributed by atoms with van der Waals surface area (Å²) in [6.45, 7) is 4.27. The number of benzene rings is 1. The maximum atomic E-state index is 13.5. The first-order valence-corrected chi connectivity index (χ1v) is 7.72. The monoisotopic (exact) mass is 316 g/mol. The number of halogens is 1. The Morgan fingerprint density at radius 1 is 1.52 bits per heavy atom. The summed E-state index contributed by atoms with van der Waals surface area (Å²) in [5, 5.41) is 7.39. The summed E-state index contributed by atoms with van der Waals surface area (Å²) < 4.78 is 15.3. The average Bonchev–Trinajstić information content (AvgIpc) is 2.89. The van der Waals surface area contributed by atoms with Gasteiger partial charge in [0.2, 0.25) is 5.91 Å². The van der Waals surface area contributed by atoms with Crippen molar-refractivity contribution >= 4 is 5.91 Å². The van der Waals surface area contributed by atoms with Crippen LogP contribution in [0.15, 0.2) is 30.5 Å². The number of hydrogen-bond acceptors (Lipinski definition) is 3. The number of carbonyl (C=O) groups excluding carboxylic acids is 1. The Bertz CT molecular complexity index is 738.